The van der Waals surface area contributed by atoms with E-state index < -0.39 is 11.9 Å². The number of nitrogens with one attached hydrogen (secondary N) is 1. The SMILES string of the molecule is Cc1oc(-c2ccc(NC(=O)c3cccc(-c4ccc(O)cc4O)c3)nc2)cc1C(=O)O. The normalized spacial score (nSPS) is 10.7. The number of carboxylic acids is 1. The van der Waals surface area contributed by atoms with Crippen LogP contribution in [0.1, 0.15) is 26.5 Å². The fraction of sp³-hybridized carbons (Fsp3) is 0.0417. The number of aromatic hydroxyl groups is 2. The summed E-state index contributed by atoms with van der Waals surface area (Å²) in [5.74, 6) is -0.656. The van der Waals surface area contributed by atoms with Crippen LogP contribution in [0.4, 0.5) is 5.82 Å². The van der Waals surface area contributed by atoms with E-state index in [-0.39, 0.29) is 17.1 Å². The van der Waals surface area contributed by atoms with E-state index in [9.17, 15) is 19.8 Å². The number of anilines is 1. The average Bonchev–Trinajstić information content (AvgIpc) is 3.16. The van der Waals surface area contributed by atoms with Gasteiger partial charge in [0.2, 0.25) is 0 Å². The molecule has 4 aromatic rings. The van der Waals surface area contributed by atoms with Crippen molar-refractivity contribution in [3.8, 4) is 33.9 Å². The number of nitrogens with zero attached hydrogens (tertiary/aromatic N) is 1. The maximum Gasteiger partial charge on any atom is 0.339 e. The number of aromatic carboxylic acids is 1. The predicted molar refractivity (Wildman–Crippen MR) is 117 cm³/mol. The molecule has 8 heteroatoms. The zero-order valence-corrected chi connectivity index (χ0v) is 16.9. The number of carbonyl (C=O) groups is 2. The Hall–Kier alpha value is -4.59. The van der Waals surface area contributed by atoms with Crippen LogP contribution in [0.5, 0.6) is 11.5 Å². The molecule has 2 aromatic carbocycles. The molecule has 0 aliphatic rings. The highest BCUT2D eigenvalue weighted by molar-refractivity contribution is 6.04. The van der Waals surface area contributed by atoms with Crippen LogP contribution < -0.4 is 5.32 Å². The Balaban J connectivity index is 1.52. The van der Waals surface area contributed by atoms with Crippen molar-refractivity contribution in [1.82, 2.24) is 4.98 Å². The van der Waals surface area contributed by atoms with Gasteiger partial charge in [0, 0.05) is 29.0 Å². The second-order valence-corrected chi connectivity index (χ2v) is 7.05. The fourth-order valence-corrected chi connectivity index (χ4v) is 3.23. The Morgan fingerprint density at radius 1 is 0.969 bits per heavy atom. The zero-order chi connectivity index (χ0) is 22.8. The van der Waals surface area contributed by atoms with Gasteiger partial charge in [-0.25, -0.2) is 9.78 Å². The Morgan fingerprint density at radius 2 is 1.78 bits per heavy atom. The molecule has 0 unspecified atom stereocenters. The van der Waals surface area contributed by atoms with Gasteiger partial charge in [-0.3, -0.25) is 4.79 Å². The van der Waals surface area contributed by atoms with Crippen molar-refractivity contribution >= 4 is 17.7 Å². The van der Waals surface area contributed by atoms with Crippen LogP contribution in [-0.2, 0) is 0 Å². The molecule has 4 rings (SSSR count). The number of phenolic OH excluding ortho intramolecular Hbond substituents is 2. The molecule has 160 valence electrons. The third-order valence-corrected chi connectivity index (χ3v) is 4.85. The van der Waals surface area contributed by atoms with E-state index >= 15 is 0 Å². The first-order valence-electron chi connectivity index (χ1n) is 9.56. The number of pyridine rings is 1. The van der Waals surface area contributed by atoms with Crippen molar-refractivity contribution < 1.29 is 29.3 Å². The third kappa shape index (κ3) is 4.15. The molecule has 0 aliphatic carbocycles. The largest absolute Gasteiger partial charge is 0.508 e. The number of amides is 1. The first-order chi connectivity index (χ1) is 15.3. The lowest BCUT2D eigenvalue weighted by atomic mass is 10.0. The van der Waals surface area contributed by atoms with E-state index in [2.05, 4.69) is 10.3 Å². The van der Waals surface area contributed by atoms with Gasteiger partial charge in [0.25, 0.3) is 5.91 Å². The van der Waals surface area contributed by atoms with Gasteiger partial charge in [-0.1, -0.05) is 12.1 Å². The summed E-state index contributed by atoms with van der Waals surface area (Å²) in [7, 11) is 0. The van der Waals surface area contributed by atoms with Gasteiger partial charge in [-0.05, 0) is 55.0 Å². The average molecular weight is 430 g/mol. The molecule has 4 N–H and O–H groups in total. The van der Waals surface area contributed by atoms with Gasteiger partial charge >= 0.3 is 5.97 Å². The van der Waals surface area contributed by atoms with Gasteiger partial charge in [0.05, 0.1) is 0 Å². The van der Waals surface area contributed by atoms with Gasteiger partial charge in [-0.15, -0.1) is 0 Å². The minimum Gasteiger partial charge on any atom is -0.508 e. The molecule has 0 aliphatic heterocycles. The van der Waals surface area contributed by atoms with Crippen LogP contribution in [0.25, 0.3) is 22.5 Å². The second kappa shape index (κ2) is 8.27. The number of carbonyl (C=O) groups excluding carboxylic acids is 1. The Labute approximate surface area is 182 Å². The quantitative estimate of drug-likeness (QED) is 0.361. The summed E-state index contributed by atoms with van der Waals surface area (Å²) in [5, 5.41) is 31.4. The predicted octanol–water partition coefficient (Wildman–Crippen LogP) is 4.68. The van der Waals surface area contributed by atoms with Crippen molar-refractivity contribution in [3.05, 3.63) is 83.7 Å². The first kappa shape index (κ1) is 20.7. The lowest BCUT2D eigenvalue weighted by Gasteiger charge is -2.09. The number of benzene rings is 2. The van der Waals surface area contributed by atoms with Crippen molar-refractivity contribution in [2.24, 2.45) is 0 Å². The molecular weight excluding hydrogens is 412 g/mol. The summed E-state index contributed by atoms with van der Waals surface area (Å²) in [6.45, 7) is 1.57. The second-order valence-electron chi connectivity index (χ2n) is 7.05. The molecular formula is C24H18N2O6. The number of aryl methyl sites for hydroxylation is 1. The Bertz CT molecular complexity index is 1320. The molecule has 8 nitrogen and oxygen atoms in total. The number of rotatable bonds is 5. The van der Waals surface area contributed by atoms with E-state index in [0.29, 0.717) is 39.6 Å². The Morgan fingerprint density at radius 3 is 2.44 bits per heavy atom. The van der Waals surface area contributed by atoms with Crippen LogP contribution in [0.3, 0.4) is 0 Å². The van der Waals surface area contributed by atoms with Gasteiger partial charge in [-0.2, -0.15) is 0 Å². The number of furan rings is 1. The molecule has 0 saturated carbocycles. The molecule has 2 aromatic heterocycles. The van der Waals surface area contributed by atoms with Gasteiger partial charge < -0.3 is 25.1 Å². The van der Waals surface area contributed by atoms with E-state index in [1.54, 1.807) is 49.4 Å². The van der Waals surface area contributed by atoms with Crippen LogP contribution in [0.2, 0.25) is 0 Å². The monoisotopic (exact) mass is 430 g/mol. The van der Waals surface area contributed by atoms with E-state index in [1.807, 2.05) is 0 Å². The smallest absolute Gasteiger partial charge is 0.339 e. The van der Waals surface area contributed by atoms with Crippen molar-refractivity contribution in [2.45, 2.75) is 6.92 Å². The van der Waals surface area contributed by atoms with E-state index in [1.165, 1.54) is 24.4 Å². The van der Waals surface area contributed by atoms with Crippen LogP contribution in [0.15, 0.2) is 71.3 Å². The molecule has 0 spiro atoms. The molecule has 0 radical (unpaired) electrons. The number of hydrogen-bond acceptors (Lipinski definition) is 6. The molecule has 32 heavy (non-hydrogen) atoms. The van der Waals surface area contributed by atoms with Crippen molar-refractivity contribution in [3.63, 3.8) is 0 Å². The lowest BCUT2D eigenvalue weighted by molar-refractivity contribution is 0.0694. The van der Waals surface area contributed by atoms with E-state index in [4.69, 9.17) is 9.52 Å². The molecule has 0 saturated heterocycles. The summed E-state index contributed by atoms with van der Waals surface area (Å²) in [4.78, 5) is 28.1. The maximum atomic E-state index is 12.7. The van der Waals surface area contributed by atoms with Crippen LogP contribution in [0, 0.1) is 6.92 Å². The molecule has 2 heterocycles. The highest BCUT2D eigenvalue weighted by Crippen LogP contribution is 2.32. The third-order valence-electron chi connectivity index (χ3n) is 4.85. The summed E-state index contributed by atoms with van der Waals surface area (Å²) in [6, 6.07) is 15.6. The fourth-order valence-electron chi connectivity index (χ4n) is 3.23. The number of carboxylic acid groups (broad SMARTS) is 1. The first-order valence-corrected chi connectivity index (χ1v) is 9.56. The maximum absolute atomic E-state index is 12.7. The highest BCUT2D eigenvalue weighted by atomic mass is 16.4. The minimum atomic E-state index is -1.07. The molecule has 0 fully saturated rings. The molecule has 1 amide bonds. The number of phenols is 2. The van der Waals surface area contributed by atoms with Crippen molar-refractivity contribution in [2.75, 3.05) is 5.32 Å². The highest BCUT2D eigenvalue weighted by Gasteiger charge is 2.16. The van der Waals surface area contributed by atoms with E-state index in [0.717, 1.165) is 0 Å². The lowest BCUT2D eigenvalue weighted by Crippen LogP contribution is -2.12. The summed E-state index contributed by atoms with van der Waals surface area (Å²) in [6.07, 6.45) is 1.48. The summed E-state index contributed by atoms with van der Waals surface area (Å²) in [5.41, 5.74) is 2.10. The molecule has 0 bridgehead atoms. The summed E-state index contributed by atoms with van der Waals surface area (Å²) < 4.78 is 5.48. The topological polar surface area (TPSA) is 133 Å². The van der Waals surface area contributed by atoms with Gasteiger partial charge in [0.1, 0.15) is 34.4 Å². The van der Waals surface area contributed by atoms with Gasteiger partial charge in [0.15, 0.2) is 0 Å². The minimum absolute atomic E-state index is 0.0569. The number of hydrogen-bond donors (Lipinski definition) is 4. The number of aromatic nitrogens is 1. The zero-order valence-electron chi connectivity index (χ0n) is 16.9. The van der Waals surface area contributed by atoms with Crippen LogP contribution in [-0.4, -0.2) is 32.2 Å². The van der Waals surface area contributed by atoms with Crippen LogP contribution >= 0.6 is 0 Å². The standard InChI is InChI=1S/C24H18N2O6/c1-13-19(24(30)31)11-21(32-13)16-5-8-22(25-12-16)26-23(29)15-4-2-3-14(9-15)18-7-6-17(27)10-20(18)28/h2-12,27-28H,1H3,(H,30,31)(H,25,26,29). The van der Waals surface area contributed by atoms with Crippen molar-refractivity contribution in [1.29, 1.82) is 0 Å². The summed E-state index contributed by atoms with van der Waals surface area (Å²) >= 11 is 0. The molecule has 0 atom stereocenters. The Kier molecular flexibility index (Phi) is 5.34.